The topological polar surface area (TPSA) is 99.3 Å². The number of benzene rings is 1. The molecule has 1 amide bonds. The van der Waals surface area contributed by atoms with Crippen molar-refractivity contribution in [2.75, 3.05) is 5.32 Å². The van der Waals surface area contributed by atoms with Gasteiger partial charge in [-0.2, -0.15) is 0 Å². The maximum Gasteiger partial charge on any atom is 0.337 e. The Morgan fingerprint density at radius 3 is 2.65 bits per heavy atom. The maximum atomic E-state index is 12.0. The van der Waals surface area contributed by atoms with Gasteiger partial charge in [-0.25, -0.2) is 4.79 Å². The van der Waals surface area contributed by atoms with Gasteiger partial charge >= 0.3 is 5.97 Å². The van der Waals surface area contributed by atoms with Crippen LogP contribution in [0, 0.1) is 0 Å². The van der Waals surface area contributed by atoms with Gasteiger partial charge in [0.15, 0.2) is 0 Å². The van der Waals surface area contributed by atoms with Gasteiger partial charge in [0.1, 0.15) is 0 Å². The highest BCUT2D eigenvalue weighted by atomic mass is 79.9. The summed E-state index contributed by atoms with van der Waals surface area (Å²) in [7, 11) is 0. The number of para-hydroxylation sites is 1. The number of carboxylic acids is 1. The molecule has 0 atom stereocenters. The van der Waals surface area contributed by atoms with E-state index in [1.54, 1.807) is 12.1 Å². The van der Waals surface area contributed by atoms with E-state index in [2.05, 4.69) is 26.2 Å². The molecule has 2 aromatic rings. The van der Waals surface area contributed by atoms with Gasteiger partial charge in [-0.15, -0.1) is 0 Å². The third-order valence-electron chi connectivity index (χ3n) is 2.52. The molecule has 0 aliphatic carbocycles. The fourth-order valence-electron chi connectivity index (χ4n) is 1.60. The van der Waals surface area contributed by atoms with Gasteiger partial charge in [-0.3, -0.25) is 9.59 Å². The Labute approximate surface area is 121 Å². The number of aromatic carboxylic acids is 1. The number of nitrogens with one attached hydrogen (secondary N) is 2. The monoisotopic (exact) mass is 336 g/mol. The molecule has 6 nitrogen and oxygen atoms in total. The Hall–Kier alpha value is -2.41. The highest BCUT2D eigenvalue weighted by Gasteiger charge is 2.16. The molecule has 1 aromatic heterocycles. The van der Waals surface area contributed by atoms with Gasteiger partial charge in [-0.1, -0.05) is 6.07 Å². The number of aromatic amines is 1. The largest absolute Gasteiger partial charge is 0.478 e. The minimum atomic E-state index is -1.16. The van der Waals surface area contributed by atoms with Crippen molar-refractivity contribution in [3.05, 3.63) is 62.5 Å². The van der Waals surface area contributed by atoms with Crippen LogP contribution in [0.4, 0.5) is 5.69 Å². The summed E-state index contributed by atoms with van der Waals surface area (Å²) >= 11 is 3.18. The average Bonchev–Trinajstić information content (AvgIpc) is 2.40. The second-order valence-corrected chi connectivity index (χ2v) is 4.72. The summed E-state index contributed by atoms with van der Waals surface area (Å²) in [5.41, 5.74) is -0.174. The first-order chi connectivity index (χ1) is 9.49. The van der Waals surface area contributed by atoms with Crippen molar-refractivity contribution in [2.45, 2.75) is 0 Å². The second kappa shape index (κ2) is 5.70. The second-order valence-electron chi connectivity index (χ2n) is 3.86. The molecular weight excluding hydrogens is 328 g/mol. The predicted molar refractivity (Wildman–Crippen MR) is 76.1 cm³/mol. The minimum absolute atomic E-state index is 0.0439. The smallest absolute Gasteiger partial charge is 0.337 e. The van der Waals surface area contributed by atoms with Gasteiger partial charge in [0.05, 0.1) is 11.3 Å². The van der Waals surface area contributed by atoms with Crippen LogP contribution in [-0.2, 0) is 0 Å². The normalized spacial score (nSPS) is 10.1. The molecular formula is C13H9BrN2O4. The van der Waals surface area contributed by atoms with Crippen LogP contribution in [0.3, 0.4) is 0 Å². The van der Waals surface area contributed by atoms with Crippen molar-refractivity contribution in [1.82, 2.24) is 4.98 Å². The third-order valence-corrected chi connectivity index (χ3v) is 3.18. The lowest BCUT2D eigenvalue weighted by atomic mass is 10.1. The Morgan fingerprint density at radius 1 is 1.25 bits per heavy atom. The van der Waals surface area contributed by atoms with E-state index in [1.807, 2.05) is 0 Å². The van der Waals surface area contributed by atoms with Crippen molar-refractivity contribution in [3.63, 3.8) is 0 Å². The summed E-state index contributed by atoms with van der Waals surface area (Å²) in [6.45, 7) is 0. The molecule has 0 spiro atoms. The Bertz CT molecular complexity index is 739. The first-order valence-electron chi connectivity index (χ1n) is 5.51. The standard InChI is InChI=1S/C13H9BrN2O4/c14-9-3-1-2-8(13(19)20)11(9)16-12(18)7-4-5-15-10(17)6-7/h1-6H,(H,15,17)(H,16,18)(H,19,20). The molecule has 7 heteroatoms. The SMILES string of the molecule is O=C(Nc1c(Br)cccc1C(=O)O)c1cc[nH]c(=O)c1. The quantitative estimate of drug-likeness (QED) is 0.798. The van der Waals surface area contributed by atoms with Crippen molar-refractivity contribution < 1.29 is 14.7 Å². The molecule has 3 N–H and O–H groups in total. The fraction of sp³-hybridized carbons (Fsp3) is 0. The number of pyridine rings is 1. The lowest BCUT2D eigenvalue weighted by molar-refractivity contribution is 0.0698. The molecule has 1 heterocycles. The molecule has 0 fully saturated rings. The number of hydrogen-bond acceptors (Lipinski definition) is 3. The van der Waals surface area contributed by atoms with E-state index in [0.29, 0.717) is 4.47 Å². The molecule has 1 aromatic carbocycles. The summed E-state index contributed by atoms with van der Waals surface area (Å²) in [5.74, 6) is -1.72. The first kappa shape index (κ1) is 14.0. The van der Waals surface area contributed by atoms with Gasteiger partial charge in [0, 0.05) is 22.3 Å². The number of anilines is 1. The van der Waals surface area contributed by atoms with Crippen molar-refractivity contribution >= 4 is 33.5 Å². The van der Waals surface area contributed by atoms with Gasteiger partial charge in [-0.05, 0) is 34.1 Å². The molecule has 0 bridgehead atoms. The van der Waals surface area contributed by atoms with E-state index in [9.17, 15) is 14.4 Å². The van der Waals surface area contributed by atoms with E-state index in [-0.39, 0.29) is 16.8 Å². The molecule has 20 heavy (non-hydrogen) atoms. The Kier molecular flexibility index (Phi) is 3.99. The van der Waals surface area contributed by atoms with Crippen LogP contribution in [0.25, 0.3) is 0 Å². The Balaban J connectivity index is 2.37. The fourth-order valence-corrected chi connectivity index (χ4v) is 2.07. The molecule has 0 unspecified atom stereocenters. The van der Waals surface area contributed by atoms with Crippen LogP contribution in [0.5, 0.6) is 0 Å². The molecule has 0 saturated heterocycles. The van der Waals surface area contributed by atoms with E-state index in [0.717, 1.165) is 6.07 Å². The molecule has 0 aliphatic heterocycles. The zero-order valence-corrected chi connectivity index (χ0v) is 11.6. The van der Waals surface area contributed by atoms with Crippen LogP contribution in [0.1, 0.15) is 20.7 Å². The summed E-state index contributed by atoms with van der Waals surface area (Å²) in [6, 6.07) is 7.09. The van der Waals surface area contributed by atoms with E-state index >= 15 is 0 Å². The molecule has 0 radical (unpaired) electrons. The van der Waals surface area contributed by atoms with Gasteiger partial charge in [0.25, 0.3) is 5.91 Å². The molecule has 102 valence electrons. The zero-order valence-electron chi connectivity index (χ0n) is 10.0. The maximum absolute atomic E-state index is 12.0. The minimum Gasteiger partial charge on any atom is -0.478 e. The molecule has 2 rings (SSSR count). The van der Waals surface area contributed by atoms with Crippen LogP contribution >= 0.6 is 15.9 Å². The number of H-pyrrole nitrogens is 1. The number of aromatic nitrogens is 1. The highest BCUT2D eigenvalue weighted by molar-refractivity contribution is 9.10. The van der Waals surface area contributed by atoms with Crippen molar-refractivity contribution in [2.24, 2.45) is 0 Å². The van der Waals surface area contributed by atoms with Crippen LogP contribution in [0.15, 0.2) is 45.8 Å². The highest BCUT2D eigenvalue weighted by Crippen LogP contribution is 2.26. The Morgan fingerprint density at radius 2 is 2.00 bits per heavy atom. The number of carboxylic acid groups (broad SMARTS) is 1. The van der Waals surface area contributed by atoms with E-state index in [4.69, 9.17) is 5.11 Å². The number of carbonyl (C=O) groups is 2. The van der Waals surface area contributed by atoms with Crippen molar-refractivity contribution in [1.29, 1.82) is 0 Å². The van der Waals surface area contributed by atoms with E-state index in [1.165, 1.54) is 18.3 Å². The lowest BCUT2D eigenvalue weighted by Gasteiger charge is -2.10. The summed E-state index contributed by atoms with van der Waals surface area (Å²) < 4.78 is 0.440. The van der Waals surface area contributed by atoms with Gasteiger partial charge in [0.2, 0.25) is 5.56 Å². The lowest BCUT2D eigenvalue weighted by Crippen LogP contribution is -2.17. The summed E-state index contributed by atoms with van der Waals surface area (Å²) in [4.78, 5) is 36.7. The number of amides is 1. The van der Waals surface area contributed by atoms with Gasteiger partial charge < -0.3 is 15.4 Å². The average molecular weight is 337 g/mol. The molecule has 0 aliphatic rings. The van der Waals surface area contributed by atoms with Crippen LogP contribution in [-0.4, -0.2) is 22.0 Å². The number of carbonyl (C=O) groups excluding carboxylic acids is 1. The first-order valence-corrected chi connectivity index (χ1v) is 6.30. The molecule has 0 saturated carbocycles. The third kappa shape index (κ3) is 2.94. The van der Waals surface area contributed by atoms with Crippen molar-refractivity contribution in [3.8, 4) is 0 Å². The van der Waals surface area contributed by atoms with E-state index < -0.39 is 17.4 Å². The van der Waals surface area contributed by atoms with Crippen LogP contribution < -0.4 is 10.9 Å². The number of hydrogen-bond donors (Lipinski definition) is 3. The number of halogens is 1. The summed E-state index contributed by atoms with van der Waals surface area (Å²) in [5, 5.41) is 11.6. The predicted octanol–water partition coefficient (Wildman–Crippen LogP) is 2.09. The van der Waals surface area contributed by atoms with Crippen LogP contribution in [0.2, 0.25) is 0 Å². The zero-order chi connectivity index (χ0) is 14.7. The summed E-state index contributed by atoms with van der Waals surface area (Å²) in [6.07, 6.45) is 1.34. The number of rotatable bonds is 3.